The normalized spacial score (nSPS) is 14.3. The molecule has 0 bridgehead atoms. The van der Waals surface area contributed by atoms with Crippen LogP contribution < -0.4 is 10.2 Å². The maximum atomic E-state index is 13.0. The van der Waals surface area contributed by atoms with Crippen LogP contribution in [0.15, 0.2) is 41.3 Å². The number of hydrogen-bond acceptors (Lipinski definition) is 7. The molecule has 138 valence electrons. The van der Waals surface area contributed by atoms with E-state index >= 15 is 0 Å². The number of aromatic nitrogens is 2. The molecule has 0 radical (unpaired) electrons. The van der Waals surface area contributed by atoms with Crippen LogP contribution in [0.3, 0.4) is 0 Å². The van der Waals surface area contributed by atoms with Gasteiger partial charge in [-0.15, -0.1) is 16.8 Å². The standard InChI is InChI=1S/C17H20FN5OS2/c1-2-7-19-16-20-21-17(26-16)25-12-15(24)23-10-8-22(9-11-23)14-5-3-13(18)4-6-14/h2-6H,1,7-12H2,(H,19,20). The molecule has 1 N–H and O–H groups in total. The molecule has 9 heteroatoms. The molecular weight excluding hydrogens is 373 g/mol. The Morgan fingerprint density at radius 2 is 2.00 bits per heavy atom. The second-order valence-corrected chi connectivity index (χ2v) is 7.88. The fourth-order valence-electron chi connectivity index (χ4n) is 2.58. The Kier molecular flexibility index (Phi) is 6.45. The van der Waals surface area contributed by atoms with Gasteiger partial charge < -0.3 is 15.1 Å². The Labute approximate surface area is 160 Å². The highest BCUT2D eigenvalue weighted by molar-refractivity contribution is 8.01. The average molecular weight is 394 g/mol. The van der Waals surface area contributed by atoms with Crippen LogP contribution in [-0.4, -0.2) is 59.5 Å². The van der Waals surface area contributed by atoms with E-state index in [2.05, 4.69) is 27.0 Å². The number of carbonyl (C=O) groups is 1. The van der Waals surface area contributed by atoms with Crippen molar-refractivity contribution in [2.24, 2.45) is 0 Å². The quantitative estimate of drug-likeness (QED) is 0.577. The Bertz CT molecular complexity index is 744. The first-order chi connectivity index (χ1) is 12.7. The number of anilines is 2. The van der Waals surface area contributed by atoms with Gasteiger partial charge in [0.2, 0.25) is 11.0 Å². The lowest BCUT2D eigenvalue weighted by Crippen LogP contribution is -2.49. The molecule has 0 saturated carbocycles. The van der Waals surface area contributed by atoms with Crippen molar-refractivity contribution in [2.75, 3.05) is 48.7 Å². The smallest absolute Gasteiger partial charge is 0.233 e. The minimum absolute atomic E-state index is 0.101. The third-order valence-corrected chi connectivity index (χ3v) is 5.95. The third kappa shape index (κ3) is 4.95. The molecule has 2 heterocycles. The second-order valence-electron chi connectivity index (χ2n) is 5.68. The number of halogens is 1. The van der Waals surface area contributed by atoms with Crippen LogP contribution in [-0.2, 0) is 4.79 Å². The molecule has 1 aliphatic heterocycles. The van der Waals surface area contributed by atoms with E-state index in [4.69, 9.17) is 0 Å². The first-order valence-corrected chi connectivity index (χ1v) is 10.1. The number of amides is 1. The molecule has 1 aromatic heterocycles. The predicted molar refractivity (Wildman–Crippen MR) is 105 cm³/mol. The largest absolute Gasteiger partial charge is 0.368 e. The van der Waals surface area contributed by atoms with Gasteiger partial charge >= 0.3 is 0 Å². The van der Waals surface area contributed by atoms with E-state index in [0.717, 1.165) is 28.2 Å². The Morgan fingerprint density at radius 1 is 1.27 bits per heavy atom. The van der Waals surface area contributed by atoms with Gasteiger partial charge in [0.25, 0.3) is 0 Å². The summed E-state index contributed by atoms with van der Waals surface area (Å²) in [6.45, 7) is 7.10. The number of piperazine rings is 1. The Hall–Kier alpha value is -2.13. The second kappa shape index (κ2) is 9.00. The molecule has 2 aromatic rings. The zero-order valence-electron chi connectivity index (χ0n) is 14.2. The van der Waals surface area contributed by atoms with Crippen molar-refractivity contribution >= 4 is 39.8 Å². The van der Waals surface area contributed by atoms with Crippen molar-refractivity contribution in [2.45, 2.75) is 4.34 Å². The van der Waals surface area contributed by atoms with Crippen LogP contribution in [0, 0.1) is 5.82 Å². The van der Waals surface area contributed by atoms with Gasteiger partial charge in [-0.3, -0.25) is 4.79 Å². The fourth-order valence-corrected chi connectivity index (χ4v) is 4.24. The number of hydrogen-bond donors (Lipinski definition) is 1. The van der Waals surface area contributed by atoms with Gasteiger partial charge in [-0.2, -0.15) is 0 Å². The molecule has 1 amide bonds. The summed E-state index contributed by atoms with van der Waals surface area (Å²) in [5.41, 5.74) is 0.987. The lowest BCUT2D eigenvalue weighted by atomic mass is 10.2. The maximum absolute atomic E-state index is 13.0. The van der Waals surface area contributed by atoms with Gasteiger partial charge in [-0.1, -0.05) is 29.2 Å². The predicted octanol–water partition coefficient (Wildman–Crippen LogP) is 2.72. The number of nitrogens with one attached hydrogen (secondary N) is 1. The number of nitrogens with zero attached hydrogens (tertiary/aromatic N) is 4. The molecule has 26 heavy (non-hydrogen) atoms. The molecule has 6 nitrogen and oxygen atoms in total. The summed E-state index contributed by atoms with van der Waals surface area (Å²) in [6.07, 6.45) is 1.75. The first kappa shape index (κ1) is 18.7. The SMILES string of the molecule is C=CCNc1nnc(SCC(=O)N2CCN(c3ccc(F)cc3)CC2)s1. The van der Waals surface area contributed by atoms with E-state index in [-0.39, 0.29) is 11.7 Å². The van der Waals surface area contributed by atoms with Gasteiger partial charge in [-0.05, 0) is 24.3 Å². The van der Waals surface area contributed by atoms with Gasteiger partial charge in [0.05, 0.1) is 5.75 Å². The highest BCUT2D eigenvalue weighted by Gasteiger charge is 2.21. The van der Waals surface area contributed by atoms with Gasteiger partial charge in [-0.25, -0.2) is 4.39 Å². The topological polar surface area (TPSA) is 61.4 Å². The first-order valence-electron chi connectivity index (χ1n) is 8.25. The zero-order valence-corrected chi connectivity index (χ0v) is 15.9. The summed E-state index contributed by atoms with van der Waals surface area (Å²) < 4.78 is 13.8. The van der Waals surface area contributed by atoms with E-state index in [1.807, 2.05) is 4.90 Å². The van der Waals surface area contributed by atoms with E-state index in [9.17, 15) is 9.18 Å². The van der Waals surface area contributed by atoms with Crippen molar-refractivity contribution in [1.82, 2.24) is 15.1 Å². The van der Waals surface area contributed by atoms with E-state index < -0.39 is 0 Å². The van der Waals surface area contributed by atoms with Crippen LogP contribution >= 0.6 is 23.1 Å². The molecule has 0 atom stereocenters. The molecule has 1 aliphatic rings. The van der Waals surface area contributed by atoms with Crippen LogP contribution in [0.2, 0.25) is 0 Å². The minimum Gasteiger partial charge on any atom is -0.368 e. The van der Waals surface area contributed by atoms with E-state index in [0.29, 0.717) is 25.4 Å². The Balaban J connectivity index is 1.44. The summed E-state index contributed by atoms with van der Waals surface area (Å²) in [7, 11) is 0. The molecule has 1 aromatic carbocycles. The number of benzene rings is 1. The summed E-state index contributed by atoms with van der Waals surface area (Å²) in [5, 5.41) is 11.9. The number of thioether (sulfide) groups is 1. The van der Waals surface area contributed by atoms with Gasteiger partial charge in [0, 0.05) is 38.4 Å². The molecule has 0 unspecified atom stereocenters. The lowest BCUT2D eigenvalue weighted by molar-refractivity contribution is -0.128. The van der Waals surface area contributed by atoms with Crippen molar-refractivity contribution in [1.29, 1.82) is 0 Å². The molecule has 1 fully saturated rings. The van der Waals surface area contributed by atoms with Crippen LogP contribution in [0.1, 0.15) is 0 Å². The molecule has 0 spiro atoms. The lowest BCUT2D eigenvalue weighted by Gasteiger charge is -2.36. The highest BCUT2D eigenvalue weighted by Crippen LogP contribution is 2.26. The summed E-state index contributed by atoms with van der Waals surface area (Å²) in [6, 6.07) is 6.47. The molecule has 1 saturated heterocycles. The van der Waals surface area contributed by atoms with Crippen LogP contribution in [0.5, 0.6) is 0 Å². The minimum atomic E-state index is -0.237. The highest BCUT2D eigenvalue weighted by atomic mass is 32.2. The summed E-state index contributed by atoms with van der Waals surface area (Å²) in [5.74, 6) is 0.218. The van der Waals surface area contributed by atoms with Crippen LogP contribution in [0.4, 0.5) is 15.2 Å². The summed E-state index contributed by atoms with van der Waals surface area (Å²) in [4.78, 5) is 16.4. The van der Waals surface area contributed by atoms with Crippen molar-refractivity contribution in [3.8, 4) is 0 Å². The third-order valence-electron chi connectivity index (χ3n) is 3.95. The number of rotatable bonds is 7. The monoisotopic (exact) mass is 393 g/mol. The summed E-state index contributed by atoms with van der Waals surface area (Å²) >= 11 is 2.84. The van der Waals surface area contributed by atoms with Crippen molar-refractivity contribution in [3.05, 3.63) is 42.7 Å². The molecule has 0 aliphatic carbocycles. The molecular formula is C17H20FN5OS2. The van der Waals surface area contributed by atoms with Gasteiger partial charge in [0.15, 0.2) is 4.34 Å². The maximum Gasteiger partial charge on any atom is 0.233 e. The van der Waals surface area contributed by atoms with Gasteiger partial charge in [0.1, 0.15) is 5.82 Å². The van der Waals surface area contributed by atoms with Crippen molar-refractivity contribution < 1.29 is 9.18 Å². The average Bonchev–Trinajstić information content (AvgIpc) is 3.13. The Morgan fingerprint density at radius 3 is 2.69 bits per heavy atom. The van der Waals surface area contributed by atoms with Crippen molar-refractivity contribution in [3.63, 3.8) is 0 Å². The van der Waals surface area contributed by atoms with E-state index in [1.165, 1.54) is 35.2 Å². The zero-order chi connectivity index (χ0) is 18.4. The van der Waals surface area contributed by atoms with Crippen LogP contribution in [0.25, 0.3) is 0 Å². The number of carbonyl (C=O) groups excluding carboxylic acids is 1. The van der Waals surface area contributed by atoms with E-state index in [1.54, 1.807) is 18.2 Å². The fraction of sp³-hybridized carbons (Fsp3) is 0.353. The molecule has 3 rings (SSSR count).